The van der Waals surface area contributed by atoms with Gasteiger partial charge < -0.3 is 15.4 Å². The van der Waals surface area contributed by atoms with E-state index in [1.54, 1.807) is 24.4 Å². The van der Waals surface area contributed by atoms with Crippen LogP contribution in [0.3, 0.4) is 0 Å². The van der Waals surface area contributed by atoms with Gasteiger partial charge in [0.15, 0.2) is 11.8 Å². The van der Waals surface area contributed by atoms with Crippen molar-refractivity contribution in [2.24, 2.45) is 10.2 Å². The fourth-order valence-corrected chi connectivity index (χ4v) is 2.34. The zero-order valence-electron chi connectivity index (χ0n) is 10.3. The number of thioether (sulfide) groups is 1. The number of hydrogen-bond donors (Lipinski definition) is 2. The van der Waals surface area contributed by atoms with Gasteiger partial charge in [-0.3, -0.25) is 9.59 Å². The Hall–Kier alpha value is -2.35. The summed E-state index contributed by atoms with van der Waals surface area (Å²) in [6.45, 7) is 0.0327. The van der Waals surface area contributed by atoms with Gasteiger partial charge in [0, 0.05) is 0 Å². The van der Waals surface area contributed by atoms with Crippen LogP contribution in [-0.4, -0.2) is 35.6 Å². The minimum Gasteiger partial charge on any atom is -0.482 e. The number of rotatable bonds is 2. The van der Waals surface area contributed by atoms with Crippen LogP contribution in [-0.2, 0) is 9.59 Å². The average molecular weight is 290 g/mol. The molecule has 0 atom stereocenters. The lowest BCUT2D eigenvalue weighted by Gasteiger charge is -2.17. The third kappa shape index (κ3) is 2.80. The smallest absolute Gasteiger partial charge is 0.262 e. The van der Waals surface area contributed by atoms with Gasteiger partial charge in [0.1, 0.15) is 5.75 Å². The molecule has 20 heavy (non-hydrogen) atoms. The molecule has 102 valence electrons. The summed E-state index contributed by atoms with van der Waals surface area (Å²) < 4.78 is 5.25. The second-order valence-electron chi connectivity index (χ2n) is 4.08. The van der Waals surface area contributed by atoms with Crippen molar-refractivity contribution in [1.29, 1.82) is 0 Å². The van der Waals surface area contributed by atoms with Crippen molar-refractivity contribution in [1.82, 2.24) is 5.32 Å². The van der Waals surface area contributed by atoms with E-state index in [0.29, 0.717) is 22.4 Å². The third-order valence-corrected chi connectivity index (χ3v) is 3.44. The molecule has 2 heterocycles. The van der Waals surface area contributed by atoms with Crippen molar-refractivity contribution in [3.05, 3.63) is 23.8 Å². The molecule has 3 rings (SSSR count). The highest BCUT2D eigenvalue weighted by Gasteiger charge is 2.16. The van der Waals surface area contributed by atoms with E-state index in [0.717, 1.165) is 5.56 Å². The van der Waals surface area contributed by atoms with E-state index in [2.05, 4.69) is 20.8 Å². The molecule has 2 N–H and O–H groups in total. The van der Waals surface area contributed by atoms with E-state index in [4.69, 9.17) is 4.74 Å². The van der Waals surface area contributed by atoms with E-state index in [-0.39, 0.29) is 18.4 Å². The zero-order valence-corrected chi connectivity index (χ0v) is 11.1. The first-order chi connectivity index (χ1) is 9.70. The lowest BCUT2D eigenvalue weighted by atomic mass is 10.2. The summed E-state index contributed by atoms with van der Waals surface area (Å²) in [6.07, 6.45) is 1.54. The van der Waals surface area contributed by atoms with Gasteiger partial charge in [-0.2, -0.15) is 5.10 Å². The molecule has 2 aliphatic heterocycles. The summed E-state index contributed by atoms with van der Waals surface area (Å²) in [4.78, 5) is 22.2. The molecule has 1 saturated heterocycles. The van der Waals surface area contributed by atoms with Crippen molar-refractivity contribution in [2.75, 3.05) is 17.7 Å². The number of benzene rings is 1. The molecule has 8 heteroatoms. The number of amidine groups is 1. The molecular weight excluding hydrogens is 280 g/mol. The van der Waals surface area contributed by atoms with Crippen LogP contribution in [0.5, 0.6) is 5.75 Å². The Morgan fingerprint density at radius 2 is 2.15 bits per heavy atom. The molecule has 0 unspecified atom stereocenters. The minimum absolute atomic E-state index is 0.0327. The molecule has 0 spiro atoms. The Morgan fingerprint density at radius 1 is 1.25 bits per heavy atom. The van der Waals surface area contributed by atoms with E-state index in [1.807, 2.05) is 0 Å². The lowest BCUT2D eigenvalue weighted by molar-refractivity contribution is -0.118. The number of ether oxygens (including phenoxy) is 1. The molecule has 1 aromatic rings. The van der Waals surface area contributed by atoms with Crippen LogP contribution >= 0.6 is 11.8 Å². The molecule has 0 saturated carbocycles. The second-order valence-corrected chi connectivity index (χ2v) is 5.04. The Balaban J connectivity index is 1.73. The first-order valence-corrected chi connectivity index (χ1v) is 6.80. The Labute approximate surface area is 118 Å². The first kappa shape index (κ1) is 12.7. The van der Waals surface area contributed by atoms with Gasteiger partial charge in [0.25, 0.3) is 5.91 Å². The minimum atomic E-state index is -0.183. The van der Waals surface area contributed by atoms with Crippen molar-refractivity contribution in [3.8, 4) is 5.75 Å². The van der Waals surface area contributed by atoms with Crippen molar-refractivity contribution >= 4 is 40.6 Å². The van der Waals surface area contributed by atoms with Gasteiger partial charge in [-0.25, -0.2) is 0 Å². The van der Waals surface area contributed by atoms with Gasteiger partial charge in [-0.15, -0.1) is 5.10 Å². The maximum atomic E-state index is 11.2. The maximum Gasteiger partial charge on any atom is 0.262 e. The predicted molar refractivity (Wildman–Crippen MR) is 76.2 cm³/mol. The molecule has 7 nitrogen and oxygen atoms in total. The number of hydrogen-bond acceptors (Lipinski definition) is 6. The Kier molecular flexibility index (Phi) is 3.38. The van der Waals surface area contributed by atoms with E-state index < -0.39 is 0 Å². The van der Waals surface area contributed by atoms with Gasteiger partial charge in [-0.1, -0.05) is 11.8 Å². The molecule has 0 radical (unpaired) electrons. The third-order valence-electron chi connectivity index (χ3n) is 2.58. The van der Waals surface area contributed by atoms with Crippen LogP contribution in [0, 0.1) is 0 Å². The predicted octanol–water partition coefficient (Wildman–Crippen LogP) is 0.570. The number of nitrogens with one attached hydrogen (secondary N) is 2. The normalized spacial score (nSPS) is 19.7. The first-order valence-electron chi connectivity index (χ1n) is 5.81. The van der Waals surface area contributed by atoms with Crippen LogP contribution in [0.15, 0.2) is 28.4 Å². The number of fused-ring (bicyclic) bond motifs is 1. The van der Waals surface area contributed by atoms with Crippen molar-refractivity contribution < 1.29 is 14.3 Å². The van der Waals surface area contributed by atoms with E-state index in [1.165, 1.54) is 11.8 Å². The van der Waals surface area contributed by atoms with Crippen LogP contribution in [0.25, 0.3) is 0 Å². The van der Waals surface area contributed by atoms with Crippen molar-refractivity contribution in [2.45, 2.75) is 0 Å². The molecule has 0 aromatic heterocycles. The largest absolute Gasteiger partial charge is 0.482 e. The van der Waals surface area contributed by atoms with E-state index >= 15 is 0 Å². The summed E-state index contributed by atoms with van der Waals surface area (Å²) in [6, 6.07) is 5.31. The quantitative estimate of drug-likeness (QED) is 0.615. The summed E-state index contributed by atoms with van der Waals surface area (Å²) in [5, 5.41) is 13.6. The molecule has 1 aromatic carbocycles. The average Bonchev–Trinajstić information content (AvgIpc) is 2.84. The van der Waals surface area contributed by atoms with Gasteiger partial charge in [0.05, 0.1) is 17.7 Å². The fourth-order valence-electron chi connectivity index (χ4n) is 1.71. The fraction of sp³-hybridized carbons (Fsp3) is 0.167. The summed E-state index contributed by atoms with van der Waals surface area (Å²) in [5.74, 6) is 0.748. The maximum absolute atomic E-state index is 11.2. The van der Waals surface area contributed by atoms with Gasteiger partial charge in [-0.05, 0) is 23.8 Å². The zero-order chi connectivity index (χ0) is 13.9. The molecule has 2 aliphatic rings. The summed E-state index contributed by atoms with van der Waals surface area (Å²) in [7, 11) is 0. The van der Waals surface area contributed by atoms with E-state index in [9.17, 15) is 9.59 Å². The molecule has 1 fully saturated rings. The molecule has 2 amide bonds. The summed E-state index contributed by atoms with van der Waals surface area (Å²) >= 11 is 1.31. The second kappa shape index (κ2) is 5.33. The molecule has 0 bridgehead atoms. The van der Waals surface area contributed by atoms with Crippen LogP contribution in [0.4, 0.5) is 5.69 Å². The van der Waals surface area contributed by atoms with Crippen LogP contribution < -0.4 is 15.4 Å². The SMILES string of the molecule is O=C1CSC(=NN=Cc2ccc3c(c2)NC(=O)CO3)N1. The monoisotopic (exact) mass is 290 g/mol. The molecule has 0 aliphatic carbocycles. The number of carbonyl (C=O) groups is 2. The highest BCUT2D eigenvalue weighted by Crippen LogP contribution is 2.27. The van der Waals surface area contributed by atoms with Crippen molar-refractivity contribution in [3.63, 3.8) is 0 Å². The van der Waals surface area contributed by atoms with Crippen LogP contribution in [0.2, 0.25) is 0 Å². The summed E-state index contributed by atoms with van der Waals surface area (Å²) in [5.41, 5.74) is 1.38. The topological polar surface area (TPSA) is 92.2 Å². The Bertz CT molecular complexity index is 642. The number of amides is 2. The number of carbonyl (C=O) groups excluding carboxylic acids is 2. The van der Waals surface area contributed by atoms with Gasteiger partial charge in [0.2, 0.25) is 5.91 Å². The lowest BCUT2D eigenvalue weighted by Crippen LogP contribution is -2.25. The highest BCUT2D eigenvalue weighted by atomic mass is 32.2. The number of anilines is 1. The molecular formula is C12H10N4O3S. The standard InChI is InChI=1S/C12H10N4O3S/c17-10-5-19-9-2-1-7(3-8(9)14-10)4-13-16-12-15-11(18)6-20-12/h1-4H,5-6H2,(H,14,17)(H,15,16,18). The van der Waals surface area contributed by atoms with Crippen LogP contribution in [0.1, 0.15) is 5.56 Å². The van der Waals surface area contributed by atoms with Gasteiger partial charge >= 0.3 is 0 Å². The number of nitrogens with zero attached hydrogens (tertiary/aromatic N) is 2. The highest BCUT2D eigenvalue weighted by molar-refractivity contribution is 8.15. The Morgan fingerprint density at radius 3 is 2.95 bits per heavy atom.